The summed E-state index contributed by atoms with van der Waals surface area (Å²) in [5, 5.41) is 5.76. The maximum atomic E-state index is 13.5. The first-order chi connectivity index (χ1) is 10.6. The van der Waals surface area contributed by atoms with Crippen LogP contribution in [-0.4, -0.2) is 11.8 Å². The van der Waals surface area contributed by atoms with E-state index in [9.17, 15) is 9.18 Å². The Morgan fingerprint density at radius 3 is 2.95 bits per heavy atom. The third-order valence-corrected chi connectivity index (χ3v) is 5.19. The van der Waals surface area contributed by atoms with E-state index < -0.39 is 0 Å². The van der Waals surface area contributed by atoms with Crippen LogP contribution in [0, 0.1) is 9.39 Å². The van der Waals surface area contributed by atoms with Gasteiger partial charge in [-0.2, -0.15) is 0 Å². The molecule has 3 nitrogen and oxygen atoms in total. The van der Waals surface area contributed by atoms with Crippen LogP contribution in [0.1, 0.15) is 18.0 Å². The van der Waals surface area contributed by atoms with Crippen molar-refractivity contribution in [2.24, 2.45) is 0 Å². The molecule has 114 valence electrons. The van der Waals surface area contributed by atoms with Crippen molar-refractivity contribution in [3.8, 4) is 0 Å². The average Bonchev–Trinajstić information content (AvgIpc) is 2.48. The van der Waals surface area contributed by atoms with Gasteiger partial charge in [0.05, 0.1) is 6.04 Å². The number of halogens is 2. The van der Waals surface area contributed by atoms with Crippen LogP contribution in [0.15, 0.2) is 47.4 Å². The SMILES string of the molecule is O=C(Nc1cccc(I)c1)NC1CCSc2ccc(F)cc21. The van der Waals surface area contributed by atoms with E-state index in [-0.39, 0.29) is 17.9 Å². The van der Waals surface area contributed by atoms with E-state index in [1.807, 2.05) is 24.3 Å². The molecule has 1 atom stereocenters. The Morgan fingerprint density at radius 1 is 1.27 bits per heavy atom. The first-order valence-electron chi connectivity index (χ1n) is 6.87. The molecule has 0 aromatic heterocycles. The number of carbonyl (C=O) groups is 1. The Bertz CT molecular complexity index is 710. The van der Waals surface area contributed by atoms with E-state index in [1.165, 1.54) is 12.1 Å². The fraction of sp³-hybridized carbons (Fsp3) is 0.188. The molecule has 2 amide bonds. The fourth-order valence-electron chi connectivity index (χ4n) is 2.41. The van der Waals surface area contributed by atoms with Crippen molar-refractivity contribution in [3.63, 3.8) is 0 Å². The number of amides is 2. The van der Waals surface area contributed by atoms with E-state index in [0.29, 0.717) is 0 Å². The number of urea groups is 1. The van der Waals surface area contributed by atoms with Gasteiger partial charge in [-0.25, -0.2) is 9.18 Å². The minimum atomic E-state index is -0.272. The second-order valence-electron chi connectivity index (χ2n) is 4.98. The maximum absolute atomic E-state index is 13.5. The van der Waals surface area contributed by atoms with Crippen molar-refractivity contribution < 1.29 is 9.18 Å². The van der Waals surface area contributed by atoms with Crippen LogP contribution >= 0.6 is 34.4 Å². The highest BCUT2D eigenvalue weighted by Crippen LogP contribution is 2.36. The normalized spacial score (nSPS) is 16.7. The van der Waals surface area contributed by atoms with Gasteiger partial charge in [-0.15, -0.1) is 11.8 Å². The predicted molar refractivity (Wildman–Crippen MR) is 95.8 cm³/mol. The lowest BCUT2D eigenvalue weighted by molar-refractivity contribution is 0.248. The largest absolute Gasteiger partial charge is 0.331 e. The minimum Gasteiger partial charge on any atom is -0.331 e. The molecule has 1 heterocycles. The zero-order valence-electron chi connectivity index (χ0n) is 11.6. The van der Waals surface area contributed by atoms with Gasteiger partial charge in [0.15, 0.2) is 0 Å². The van der Waals surface area contributed by atoms with Crippen molar-refractivity contribution >= 4 is 46.1 Å². The van der Waals surface area contributed by atoms with Gasteiger partial charge in [0, 0.05) is 19.9 Å². The molecule has 0 fully saturated rings. The van der Waals surface area contributed by atoms with Crippen LogP contribution in [0.2, 0.25) is 0 Å². The van der Waals surface area contributed by atoms with Gasteiger partial charge in [-0.05, 0) is 71.0 Å². The molecule has 0 radical (unpaired) electrons. The van der Waals surface area contributed by atoms with Gasteiger partial charge in [0.1, 0.15) is 5.82 Å². The fourth-order valence-corrected chi connectivity index (χ4v) is 4.06. The molecule has 0 spiro atoms. The molecule has 1 aliphatic heterocycles. The van der Waals surface area contributed by atoms with Crippen molar-refractivity contribution in [1.29, 1.82) is 0 Å². The first-order valence-corrected chi connectivity index (χ1v) is 8.93. The number of carbonyl (C=O) groups excluding carboxylic acids is 1. The molecule has 1 unspecified atom stereocenters. The highest BCUT2D eigenvalue weighted by molar-refractivity contribution is 14.1. The van der Waals surface area contributed by atoms with Gasteiger partial charge in [-0.3, -0.25) is 0 Å². The molecule has 2 aromatic rings. The quantitative estimate of drug-likeness (QED) is 0.676. The molecular formula is C16H14FIN2OS. The van der Waals surface area contributed by atoms with Crippen LogP contribution in [-0.2, 0) is 0 Å². The Balaban J connectivity index is 1.71. The third kappa shape index (κ3) is 3.73. The lowest BCUT2D eigenvalue weighted by atomic mass is 10.0. The second-order valence-corrected chi connectivity index (χ2v) is 7.36. The zero-order chi connectivity index (χ0) is 15.5. The van der Waals surface area contributed by atoms with Gasteiger partial charge in [-0.1, -0.05) is 6.07 Å². The summed E-state index contributed by atoms with van der Waals surface area (Å²) in [6.45, 7) is 0. The molecule has 2 aromatic carbocycles. The van der Waals surface area contributed by atoms with E-state index in [4.69, 9.17) is 0 Å². The lowest BCUT2D eigenvalue weighted by Gasteiger charge is -2.26. The molecule has 6 heteroatoms. The Morgan fingerprint density at radius 2 is 2.14 bits per heavy atom. The number of thioether (sulfide) groups is 1. The number of fused-ring (bicyclic) bond motifs is 1. The smallest absolute Gasteiger partial charge is 0.319 e. The molecule has 0 bridgehead atoms. The Labute approximate surface area is 146 Å². The van der Waals surface area contributed by atoms with Gasteiger partial charge < -0.3 is 10.6 Å². The van der Waals surface area contributed by atoms with Crippen LogP contribution in [0.4, 0.5) is 14.9 Å². The second kappa shape index (κ2) is 6.87. The van der Waals surface area contributed by atoms with Crippen LogP contribution in [0.3, 0.4) is 0 Å². The van der Waals surface area contributed by atoms with Gasteiger partial charge >= 0.3 is 6.03 Å². The minimum absolute atomic E-state index is 0.158. The Kier molecular flexibility index (Phi) is 4.87. The number of benzene rings is 2. The highest BCUT2D eigenvalue weighted by atomic mass is 127. The summed E-state index contributed by atoms with van der Waals surface area (Å²) < 4.78 is 14.5. The highest BCUT2D eigenvalue weighted by Gasteiger charge is 2.22. The molecule has 0 saturated carbocycles. The number of anilines is 1. The summed E-state index contributed by atoms with van der Waals surface area (Å²) in [7, 11) is 0. The monoisotopic (exact) mass is 428 g/mol. The summed E-state index contributed by atoms with van der Waals surface area (Å²) in [4.78, 5) is 13.2. The maximum Gasteiger partial charge on any atom is 0.319 e. The zero-order valence-corrected chi connectivity index (χ0v) is 14.6. The van der Waals surface area contributed by atoms with E-state index >= 15 is 0 Å². The molecular weight excluding hydrogens is 414 g/mol. The topological polar surface area (TPSA) is 41.1 Å². The molecule has 1 aliphatic rings. The van der Waals surface area contributed by atoms with Crippen LogP contribution in [0.5, 0.6) is 0 Å². The van der Waals surface area contributed by atoms with E-state index in [2.05, 4.69) is 33.2 Å². The number of hydrogen-bond acceptors (Lipinski definition) is 2. The van der Waals surface area contributed by atoms with Gasteiger partial charge in [0.25, 0.3) is 0 Å². The summed E-state index contributed by atoms with van der Waals surface area (Å²) >= 11 is 3.89. The van der Waals surface area contributed by atoms with Crippen LogP contribution < -0.4 is 10.6 Å². The standard InChI is InChI=1S/C16H14FIN2OS/c17-10-4-5-15-13(8-10)14(6-7-22-15)20-16(21)19-12-3-1-2-11(18)9-12/h1-5,8-9,14H,6-7H2,(H2,19,20,21). The van der Waals surface area contributed by atoms with Crippen molar-refractivity contribution in [2.45, 2.75) is 17.4 Å². The molecule has 22 heavy (non-hydrogen) atoms. The van der Waals surface area contributed by atoms with Crippen LogP contribution in [0.25, 0.3) is 0 Å². The summed E-state index contributed by atoms with van der Waals surface area (Å²) in [6, 6.07) is 11.9. The van der Waals surface area contributed by atoms with Crippen molar-refractivity contribution in [1.82, 2.24) is 5.32 Å². The summed E-state index contributed by atoms with van der Waals surface area (Å²) in [6.07, 6.45) is 0.793. The molecule has 0 aliphatic carbocycles. The number of nitrogens with one attached hydrogen (secondary N) is 2. The lowest BCUT2D eigenvalue weighted by Crippen LogP contribution is -2.34. The third-order valence-electron chi connectivity index (χ3n) is 3.40. The van der Waals surface area contributed by atoms with E-state index in [1.54, 1.807) is 17.8 Å². The Hall–Kier alpha value is -1.28. The van der Waals surface area contributed by atoms with Crippen molar-refractivity contribution in [3.05, 3.63) is 57.4 Å². The average molecular weight is 428 g/mol. The predicted octanol–water partition coefficient (Wildman–Crippen LogP) is 4.79. The summed E-state index contributed by atoms with van der Waals surface area (Å²) in [5.41, 5.74) is 1.60. The summed E-state index contributed by atoms with van der Waals surface area (Å²) in [5.74, 6) is 0.637. The van der Waals surface area contributed by atoms with E-state index in [0.717, 1.165) is 31.9 Å². The number of rotatable bonds is 2. The molecule has 2 N–H and O–H groups in total. The van der Waals surface area contributed by atoms with Crippen molar-refractivity contribution in [2.75, 3.05) is 11.1 Å². The van der Waals surface area contributed by atoms with Gasteiger partial charge in [0.2, 0.25) is 0 Å². The molecule has 0 saturated heterocycles. The molecule has 3 rings (SSSR count). The first kappa shape index (κ1) is 15.6. The number of hydrogen-bond donors (Lipinski definition) is 2.